The molecule has 2 rings (SSSR count). The molecule has 4 heteroatoms. The molecule has 19 heavy (non-hydrogen) atoms. The van der Waals surface area contributed by atoms with Gasteiger partial charge in [-0.1, -0.05) is 0 Å². The summed E-state index contributed by atoms with van der Waals surface area (Å²) in [6.07, 6.45) is 1.75. The molecule has 4 nitrogen and oxygen atoms in total. The van der Waals surface area contributed by atoms with Gasteiger partial charge in [-0.3, -0.25) is 4.98 Å². The number of benzene rings is 1. The Morgan fingerprint density at radius 2 is 1.95 bits per heavy atom. The van der Waals surface area contributed by atoms with Gasteiger partial charge in [-0.15, -0.1) is 0 Å². The molecule has 0 aliphatic heterocycles. The van der Waals surface area contributed by atoms with E-state index < -0.39 is 0 Å². The number of hydrogen-bond acceptors (Lipinski definition) is 4. The Hall–Kier alpha value is -2.54. The van der Waals surface area contributed by atoms with Crippen LogP contribution in [0.3, 0.4) is 0 Å². The van der Waals surface area contributed by atoms with Gasteiger partial charge in [0.25, 0.3) is 0 Å². The number of aromatic nitrogens is 1. The van der Waals surface area contributed by atoms with E-state index in [4.69, 9.17) is 15.7 Å². The Kier molecular flexibility index (Phi) is 3.67. The molecule has 0 radical (unpaired) electrons. The second-order valence-electron chi connectivity index (χ2n) is 4.35. The van der Waals surface area contributed by atoms with Crippen molar-refractivity contribution in [2.24, 2.45) is 0 Å². The molecular weight excluding hydrogens is 238 g/mol. The van der Waals surface area contributed by atoms with Crippen LogP contribution < -0.4 is 10.5 Å². The van der Waals surface area contributed by atoms with Gasteiger partial charge in [-0.05, 0) is 49.2 Å². The third kappa shape index (κ3) is 2.83. The van der Waals surface area contributed by atoms with E-state index in [9.17, 15) is 0 Å². The zero-order valence-corrected chi connectivity index (χ0v) is 11.0. The smallest absolute Gasteiger partial charge is 0.131 e. The van der Waals surface area contributed by atoms with Crippen molar-refractivity contribution >= 4 is 5.69 Å². The number of hydrogen-bond donors (Lipinski definition) is 1. The standard InChI is InChI=1S/C15H15N3O/c1-10-8-18-14(11(2)15(10)17)9-19-13-5-3-12(7-16)4-6-13/h3-6,8H,9H2,1-2H3,(H2,17,18). The van der Waals surface area contributed by atoms with Gasteiger partial charge >= 0.3 is 0 Å². The predicted molar refractivity (Wildman–Crippen MR) is 73.6 cm³/mol. The van der Waals surface area contributed by atoms with E-state index in [1.165, 1.54) is 0 Å². The molecule has 0 aliphatic carbocycles. The highest BCUT2D eigenvalue weighted by Gasteiger charge is 2.06. The van der Waals surface area contributed by atoms with Crippen LogP contribution in [0.2, 0.25) is 0 Å². The summed E-state index contributed by atoms with van der Waals surface area (Å²) < 4.78 is 5.64. The lowest BCUT2D eigenvalue weighted by atomic mass is 10.1. The third-order valence-electron chi connectivity index (χ3n) is 3.03. The minimum Gasteiger partial charge on any atom is -0.487 e. The van der Waals surface area contributed by atoms with Crippen LogP contribution in [0.5, 0.6) is 5.75 Å². The van der Waals surface area contributed by atoms with Crippen molar-refractivity contribution in [2.45, 2.75) is 20.5 Å². The Morgan fingerprint density at radius 1 is 1.26 bits per heavy atom. The summed E-state index contributed by atoms with van der Waals surface area (Å²) in [5.41, 5.74) is 10.1. The number of rotatable bonds is 3. The molecule has 0 bridgehead atoms. The topological polar surface area (TPSA) is 71.9 Å². The summed E-state index contributed by atoms with van der Waals surface area (Å²) in [7, 11) is 0. The van der Waals surface area contributed by atoms with Crippen LogP contribution in [0.4, 0.5) is 5.69 Å². The average Bonchev–Trinajstić information content (AvgIpc) is 2.45. The Balaban J connectivity index is 2.10. The fourth-order valence-corrected chi connectivity index (χ4v) is 1.72. The van der Waals surface area contributed by atoms with E-state index in [2.05, 4.69) is 11.1 Å². The molecule has 0 amide bonds. The molecule has 0 aliphatic rings. The van der Waals surface area contributed by atoms with Gasteiger partial charge in [-0.25, -0.2) is 0 Å². The number of nitrogens with zero attached hydrogens (tertiary/aromatic N) is 2. The fourth-order valence-electron chi connectivity index (χ4n) is 1.72. The van der Waals surface area contributed by atoms with Gasteiger partial charge in [-0.2, -0.15) is 5.26 Å². The minimum atomic E-state index is 0.363. The predicted octanol–water partition coefficient (Wildman–Crippen LogP) is 2.73. The second-order valence-corrected chi connectivity index (χ2v) is 4.35. The van der Waals surface area contributed by atoms with Crippen molar-refractivity contribution in [1.29, 1.82) is 5.26 Å². The van der Waals surface area contributed by atoms with Crippen molar-refractivity contribution in [3.05, 3.63) is 52.8 Å². The highest BCUT2D eigenvalue weighted by Crippen LogP contribution is 2.20. The number of nitriles is 1. The monoisotopic (exact) mass is 253 g/mol. The maximum Gasteiger partial charge on any atom is 0.131 e. The zero-order chi connectivity index (χ0) is 13.8. The SMILES string of the molecule is Cc1cnc(COc2ccc(C#N)cc2)c(C)c1N. The lowest BCUT2D eigenvalue weighted by Gasteiger charge is -2.11. The van der Waals surface area contributed by atoms with Gasteiger partial charge < -0.3 is 10.5 Å². The Morgan fingerprint density at radius 3 is 2.58 bits per heavy atom. The van der Waals surface area contributed by atoms with Crippen LogP contribution in [0.1, 0.15) is 22.4 Å². The Labute approximate surface area is 112 Å². The first kappa shape index (κ1) is 12.9. The van der Waals surface area contributed by atoms with Crippen LogP contribution >= 0.6 is 0 Å². The number of anilines is 1. The van der Waals surface area contributed by atoms with Crippen molar-refractivity contribution < 1.29 is 4.74 Å². The van der Waals surface area contributed by atoms with E-state index >= 15 is 0 Å². The average molecular weight is 253 g/mol. The molecule has 1 aromatic heterocycles. The summed E-state index contributed by atoms with van der Waals surface area (Å²) in [4.78, 5) is 4.33. The van der Waals surface area contributed by atoms with Gasteiger partial charge in [0.2, 0.25) is 0 Å². The molecule has 0 fully saturated rings. The van der Waals surface area contributed by atoms with Crippen LogP contribution in [-0.2, 0) is 6.61 Å². The first-order chi connectivity index (χ1) is 9.11. The number of nitrogen functional groups attached to an aromatic ring is 1. The summed E-state index contributed by atoms with van der Waals surface area (Å²) in [5.74, 6) is 0.708. The molecule has 0 spiro atoms. The lowest BCUT2D eigenvalue weighted by molar-refractivity contribution is 0.300. The Bertz CT molecular complexity index is 627. The normalized spacial score (nSPS) is 9.95. The van der Waals surface area contributed by atoms with Crippen molar-refractivity contribution in [2.75, 3.05) is 5.73 Å². The minimum absolute atomic E-state index is 0.363. The quantitative estimate of drug-likeness (QED) is 0.912. The summed E-state index contributed by atoms with van der Waals surface area (Å²) in [6.45, 7) is 4.23. The van der Waals surface area contributed by atoms with E-state index in [1.54, 1.807) is 30.5 Å². The van der Waals surface area contributed by atoms with E-state index in [-0.39, 0.29) is 0 Å². The molecule has 0 atom stereocenters. The van der Waals surface area contributed by atoms with Crippen LogP contribution in [0, 0.1) is 25.2 Å². The summed E-state index contributed by atoms with van der Waals surface area (Å²) in [6, 6.07) is 9.05. The largest absolute Gasteiger partial charge is 0.487 e. The van der Waals surface area contributed by atoms with Crippen molar-refractivity contribution in [3.63, 3.8) is 0 Å². The van der Waals surface area contributed by atoms with Crippen LogP contribution in [0.15, 0.2) is 30.5 Å². The van der Waals surface area contributed by atoms with E-state index in [0.29, 0.717) is 17.9 Å². The number of ether oxygens (including phenoxy) is 1. The maximum absolute atomic E-state index is 8.71. The molecule has 2 N–H and O–H groups in total. The first-order valence-electron chi connectivity index (χ1n) is 5.95. The van der Waals surface area contributed by atoms with Gasteiger partial charge in [0.15, 0.2) is 0 Å². The molecule has 96 valence electrons. The van der Waals surface area contributed by atoms with Crippen molar-refractivity contribution in [3.8, 4) is 11.8 Å². The molecule has 0 saturated carbocycles. The summed E-state index contributed by atoms with van der Waals surface area (Å²) in [5, 5.41) is 8.71. The fraction of sp³-hybridized carbons (Fsp3) is 0.200. The van der Waals surface area contributed by atoms with E-state index in [1.807, 2.05) is 13.8 Å². The number of aryl methyl sites for hydroxylation is 1. The van der Waals surface area contributed by atoms with Crippen LogP contribution in [0.25, 0.3) is 0 Å². The molecule has 0 saturated heterocycles. The summed E-state index contributed by atoms with van der Waals surface area (Å²) >= 11 is 0. The van der Waals surface area contributed by atoms with Crippen molar-refractivity contribution in [1.82, 2.24) is 4.98 Å². The zero-order valence-electron chi connectivity index (χ0n) is 11.0. The van der Waals surface area contributed by atoms with Gasteiger partial charge in [0, 0.05) is 11.9 Å². The third-order valence-corrected chi connectivity index (χ3v) is 3.03. The number of nitrogens with two attached hydrogens (primary N) is 1. The van der Waals surface area contributed by atoms with E-state index in [0.717, 1.165) is 22.5 Å². The maximum atomic E-state index is 8.71. The highest BCUT2D eigenvalue weighted by atomic mass is 16.5. The second kappa shape index (κ2) is 5.40. The number of pyridine rings is 1. The lowest BCUT2D eigenvalue weighted by Crippen LogP contribution is -2.05. The first-order valence-corrected chi connectivity index (χ1v) is 5.95. The van der Waals surface area contributed by atoms with Gasteiger partial charge in [0.1, 0.15) is 12.4 Å². The van der Waals surface area contributed by atoms with Gasteiger partial charge in [0.05, 0.1) is 17.3 Å². The molecule has 1 heterocycles. The molecular formula is C15H15N3O. The molecule has 0 unspecified atom stereocenters. The molecule has 2 aromatic rings. The molecule has 1 aromatic carbocycles. The van der Waals surface area contributed by atoms with Crippen LogP contribution in [-0.4, -0.2) is 4.98 Å². The highest BCUT2D eigenvalue weighted by molar-refractivity contribution is 5.53.